The Morgan fingerprint density at radius 3 is 2.20 bits per heavy atom. The number of thiol groups is 1. The highest BCUT2D eigenvalue weighted by Crippen LogP contribution is 2.08. The van der Waals surface area contributed by atoms with Crippen LogP contribution >= 0.6 is 12.6 Å². The molecule has 7 N–H and O–H groups in total. The minimum Gasteiger partial charge on any atom is -0.480 e. The molecule has 25 heavy (non-hydrogen) atoms. The minimum absolute atomic E-state index is 0.114. The van der Waals surface area contributed by atoms with Gasteiger partial charge in [-0.2, -0.15) is 12.6 Å². The number of rotatable bonds is 11. The second-order valence-corrected chi connectivity index (χ2v) is 5.88. The molecule has 0 aliphatic heterocycles. The number of nitrogens with two attached hydrogens (primary N) is 1. The second-order valence-electron chi connectivity index (χ2n) is 5.52. The fourth-order valence-corrected chi connectivity index (χ4v) is 1.92. The van der Waals surface area contributed by atoms with Gasteiger partial charge in [0.15, 0.2) is 0 Å². The standard InChI is InChI=1S/C14H26N4O6S/c1-3-7(2)11(13(22)17-9(5-19)14(23)24)18-10(20)4-16-12(21)8(15)6-25/h7-9,11,19,25H,3-6,15H2,1-2H3,(H,16,21)(H,17,22)(H,18,20)(H,23,24). The molecule has 144 valence electrons. The predicted molar refractivity (Wildman–Crippen MR) is 92.9 cm³/mol. The highest BCUT2D eigenvalue weighted by Gasteiger charge is 2.29. The van der Waals surface area contributed by atoms with Crippen molar-refractivity contribution in [2.24, 2.45) is 11.7 Å². The lowest BCUT2D eigenvalue weighted by molar-refractivity contribution is -0.143. The zero-order chi connectivity index (χ0) is 19.6. The molecule has 0 aliphatic rings. The van der Waals surface area contributed by atoms with Crippen LogP contribution in [0.2, 0.25) is 0 Å². The number of amides is 3. The van der Waals surface area contributed by atoms with Crippen LogP contribution in [0.4, 0.5) is 0 Å². The van der Waals surface area contributed by atoms with E-state index in [9.17, 15) is 19.2 Å². The lowest BCUT2D eigenvalue weighted by Gasteiger charge is -2.25. The van der Waals surface area contributed by atoms with Crippen molar-refractivity contribution in [2.75, 3.05) is 18.9 Å². The summed E-state index contributed by atoms with van der Waals surface area (Å²) < 4.78 is 0. The van der Waals surface area contributed by atoms with E-state index < -0.39 is 48.4 Å². The van der Waals surface area contributed by atoms with E-state index in [4.69, 9.17) is 15.9 Å². The fraction of sp³-hybridized carbons (Fsp3) is 0.714. The summed E-state index contributed by atoms with van der Waals surface area (Å²) >= 11 is 3.87. The second kappa shape index (κ2) is 11.7. The van der Waals surface area contributed by atoms with Gasteiger partial charge >= 0.3 is 5.97 Å². The van der Waals surface area contributed by atoms with E-state index >= 15 is 0 Å². The van der Waals surface area contributed by atoms with Crippen molar-refractivity contribution in [1.82, 2.24) is 16.0 Å². The van der Waals surface area contributed by atoms with E-state index in [0.717, 1.165) is 0 Å². The molecule has 0 heterocycles. The highest BCUT2D eigenvalue weighted by atomic mass is 32.1. The summed E-state index contributed by atoms with van der Waals surface area (Å²) in [6, 6.07) is -3.34. The van der Waals surface area contributed by atoms with E-state index in [1.54, 1.807) is 13.8 Å². The Labute approximate surface area is 151 Å². The van der Waals surface area contributed by atoms with Crippen LogP contribution in [0, 0.1) is 5.92 Å². The monoisotopic (exact) mass is 378 g/mol. The van der Waals surface area contributed by atoms with Crippen molar-refractivity contribution in [3.05, 3.63) is 0 Å². The molecule has 10 nitrogen and oxygen atoms in total. The smallest absolute Gasteiger partial charge is 0.328 e. The molecular weight excluding hydrogens is 352 g/mol. The number of aliphatic hydroxyl groups excluding tert-OH is 1. The first kappa shape index (κ1) is 23.1. The van der Waals surface area contributed by atoms with Gasteiger partial charge in [-0.15, -0.1) is 0 Å². The van der Waals surface area contributed by atoms with E-state index in [0.29, 0.717) is 6.42 Å². The summed E-state index contributed by atoms with van der Waals surface area (Å²) in [5.41, 5.74) is 5.46. The summed E-state index contributed by atoms with van der Waals surface area (Å²) in [5.74, 6) is -3.49. The molecule has 0 aliphatic carbocycles. The molecule has 0 aromatic rings. The predicted octanol–water partition coefficient (Wildman–Crippen LogP) is -2.55. The first-order valence-corrected chi connectivity index (χ1v) is 8.38. The Morgan fingerprint density at radius 1 is 1.16 bits per heavy atom. The van der Waals surface area contributed by atoms with Crippen LogP contribution in [-0.2, 0) is 19.2 Å². The van der Waals surface area contributed by atoms with Gasteiger partial charge < -0.3 is 31.9 Å². The molecular formula is C14H26N4O6S. The van der Waals surface area contributed by atoms with Gasteiger partial charge in [0.2, 0.25) is 17.7 Å². The van der Waals surface area contributed by atoms with Crippen LogP contribution in [0.5, 0.6) is 0 Å². The van der Waals surface area contributed by atoms with Crippen molar-refractivity contribution >= 4 is 36.3 Å². The van der Waals surface area contributed by atoms with Crippen LogP contribution in [0.15, 0.2) is 0 Å². The summed E-state index contributed by atoms with van der Waals surface area (Å²) in [4.78, 5) is 46.6. The quantitative estimate of drug-likeness (QED) is 0.194. The maximum atomic E-state index is 12.2. The molecule has 0 radical (unpaired) electrons. The Morgan fingerprint density at radius 2 is 1.76 bits per heavy atom. The third-order valence-corrected chi connectivity index (χ3v) is 3.96. The summed E-state index contributed by atoms with van der Waals surface area (Å²) in [7, 11) is 0. The summed E-state index contributed by atoms with van der Waals surface area (Å²) in [6.45, 7) is 2.34. The normalized spacial score (nSPS) is 15.4. The number of hydrogen-bond donors (Lipinski definition) is 7. The Kier molecular flexibility index (Phi) is 10.8. The van der Waals surface area contributed by atoms with Crippen molar-refractivity contribution in [2.45, 2.75) is 38.4 Å². The lowest BCUT2D eigenvalue weighted by Crippen LogP contribution is -2.56. The van der Waals surface area contributed by atoms with Gasteiger partial charge in [0.25, 0.3) is 0 Å². The van der Waals surface area contributed by atoms with E-state index in [2.05, 4.69) is 28.6 Å². The third kappa shape index (κ3) is 8.18. The molecule has 0 spiro atoms. The zero-order valence-electron chi connectivity index (χ0n) is 14.2. The van der Waals surface area contributed by atoms with Crippen molar-refractivity contribution in [3.8, 4) is 0 Å². The number of aliphatic hydroxyl groups is 1. The van der Waals surface area contributed by atoms with Crippen molar-refractivity contribution < 1.29 is 29.4 Å². The van der Waals surface area contributed by atoms with Crippen molar-refractivity contribution in [1.29, 1.82) is 0 Å². The molecule has 0 aromatic carbocycles. The van der Waals surface area contributed by atoms with E-state index in [1.807, 2.05) is 0 Å². The van der Waals surface area contributed by atoms with Gasteiger partial charge in [-0.25, -0.2) is 4.79 Å². The number of hydrogen-bond acceptors (Lipinski definition) is 7. The molecule has 0 bridgehead atoms. The molecule has 0 rings (SSSR count). The number of nitrogens with one attached hydrogen (secondary N) is 3. The Hall–Kier alpha value is -1.85. The van der Waals surface area contributed by atoms with Gasteiger partial charge in [-0.05, 0) is 5.92 Å². The Bertz CT molecular complexity index is 490. The van der Waals surface area contributed by atoms with Gasteiger partial charge in [-0.1, -0.05) is 20.3 Å². The highest BCUT2D eigenvalue weighted by molar-refractivity contribution is 7.80. The van der Waals surface area contributed by atoms with Crippen LogP contribution < -0.4 is 21.7 Å². The van der Waals surface area contributed by atoms with E-state index in [-0.39, 0.29) is 18.2 Å². The molecule has 11 heteroatoms. The zero-order valence-corrected chi connectivity index (χ0v) is 15.1. The lowest BCUT2D eigenvalue weighted by atomic mass is 9.98. The summed E-state index contributed by atoms with van der Waals surface area (Å²) in [5, 5.41) is 24.8. The average molecular weight is 378 g/mol. The molecule has 4 atom stereocenters. The molecule has 0 saturated heterocycles. The first-order valence-electron chi connectivity index (χ1n) is 7.75. The van der Waals surface area contributed by atoms with Gasteiger partial charge in [0.05, 0.1) is 19.2 Å². The van der Waals surface area contributed by atoms with Gasteiger partial charge in [0, 0.05) is 5.75 Å². The topological polar surface area (TPSA) is 171 Å². The average Bonchev–Trinajstić information content (AvgIpc) is 2.59. The van der Waals surface area contributed by atoms with Gasteiger partial charge in [0.1, 0.15) is 12.1 Å². The fourth-order valence-electron chi connectivity index (χ4n) is 1.75. The third-order valence-electron chi connectivity index (χ3n) is 3.57. The molecule has 0 aromatic heterocycles. The maximum absolute atomic E-state index is 12.2. The van der Waals surface area contributed by atoms with Crippen LogP contribution in [-0.4, -0.2) is 70.9 Å². The number of aliphatic carboxylic acids is 1. The molecule has 0 fully saturated rings. The number of carbonyl (C=O) groups excluding carboxylic acids is 3. The molecule has 4 unspecified atom stereocenters. The first-order chi connectivity index (χ1) is 11.7. The largest absolute Gasteiger partial charge is 0.480 e. The Balaban J connectivity index is 4.82. The number of carboxylic acids is 1. The van der Waals surface area contributed by atoms with E-state index in [1.165, 1.54) is 0 Å². The summed E-state index contributed by atoms with van der Waals surface area (Å²) in [6.07, 6.45) is 0.534. The van der Waals surface area contributed by atoms with Gasteiger partial charge in [-0.3, -0.25) is 14.4 Å². The van der Waals surface area contributed by atoms with Crippen molar-refractivity contribution in [3.63, 3.8) is 0 Å². The molecule has 0 saturated carbocycles. The minimum atomic E-state index is -1.47. The number of carboxylic acid groups (broad SMARTS) is 1. The molecule has 3 amide bonds. The maximum Gasteiger partial charge on any atom is 0.328 e. The van der Waals surface area contributed by atoms with Crippen LogP contribution in [0.3, 0.4) is 0 Å². The van der Waals surface area contributed by atoms with Crippen LogP contribution in [0.1, 0.15) is 20.3 Å². The SMILES string of the molecule is CCC(C)C(NC(=O)CNC(=O)C(N)CS)C(=O)NC(CO)C(=O)O. The van der Waals surface area contributed by atoms with Crippen LogP contribution in [0.25, 0.3) is 0 Å². The number of carbonyl (C=O) groups is 4.